The standard InChI is InChI=1S/C12H16Cl2FNO/c1-8(16-4-3-5-17-2)10-6-9(13)7-11(14)12(10)15/h6-8,16H,3-5H2,1-2H3. The first-order chi connectivity index (χ1) is 8.06. The van der Waals surface area contributed by atoms with Gasteiger partial charge in [-0.1, -0.05) is 23.2 Å². The third kappa shape index (κ3) is 4.43. The van der Waals surface area contributed by atoms with E-state index in [1.165, 1.54) is 6.07 Å². The van der Waals surface area contributed by atoms with Gasteiger partial charge >= 0.3 is 0 Å². The second kappa shape index (κ2) is 7.17. The molecule has 0 aliphatic heterocycles. The van der Waals surface area contributed by atoms with Gasteiger partial charge in [-0.05, 0) is 32.0 Å². The molecule has 1 atom stereocenters. The van der Waals surface area contributed by atoms with Crippen molar-refractivity contribution < 1.29 is 9.13 Å². The van der Waals surface area contributed by atoms with Crippen molar-refractivity contribution in [3.63, 3.8) is 0 Å². The lowest BCUT2D eigenvalue weighted by Gasteiger charge is -2.16. The Balaban J connectivity index is 2.65. The zero-order valence-corrected chi connectivity index (χ0v) is 11.4. The van der Waals surface area contributed by atoms with Gasteiger partial charge in [-0.25, -0.2) is 4.39 Å². The van der Waals surface area contributed by atoms with Crippen LogP contribution < -0.4 is 5.32 Å². The quantitative estimate of drug-likeness (QED) is 0.631. The van der Waals surface area contributed by atoms with Crippen molar-refractivity contribution in [2.75, 3.05) is 20.3 Å². The molecule has 0 aliphatic carbocycles. The fourth-order valence-electron chi connectivity index (χ4n) is 1.54. The predicted molar refractivity (Wildman–Crippen MR) is 69.3 cm³/mol. The van der Waals surface area contributed by atoms with Crippen molar-refractivity contribution in [1.29, 1.82) is 0 Å². The van der Waals surface area contributed by atoms with Gasteiger partial charge in [-0.3, -0.25) is 0 Å². The lowest BCUT2D eigenvalue weighted by Crippen LogP contribution is -2.21. The first-order valence-electron chi connectivity index (χ1n) is 5.43. The Bertz CT molecular complexity index is 374. The number of benzene rings is 1. The molecule has 1 aromatic rings. The third-order valence-electron chi connectivity index (χ3n) is 2.46. The van der Waals surface area contributed by atoms with E-state index in [0.29, 0.717) is 17.2 Å². The molecule has 0 amide bonds. The Morgan fingerprint density at radius 3 is 2.76 bits per heavy atom. The summed E-state index contributed by atoms with van der Waals surface area (Å²) in [6.07, 6.45) is 0.872. The summed E-state index contributed by atoms with van der Waals surface area (Å²) in [5.41, 5.74) is 0.486. The number of halogens is 3. The molecule has 1 rings (SSSR count). The van der Waals surface area contributed by atoms with Gasteiger partial charge in [0, 0.05) is 30.3 Å². The average molecular weight is 280 g/mol. The van der Waals surface area contributed by atoms with Crippen molar-refractivity contribution in [3.05, 3.63) is 33.6 Å². The summed E-state index contributed by atoms with van der Waals surface area (Å²) in [6.45, 7) is 3.30. The van der Waals surface area contributed by atoms with Crippen LogP contribution in [0, 0.1) is 5.82 Å². The zero-order chi connectivity index (χ0) is 12.8. The molecule has 0 bridgehead atoms. The Kier molecular flexibility index (Phi) is 6.20. The van der Waals surface area contributed by atoms with Crippen molar-refractivity contribution >= 4 is 23.2 Å². The van der Waals surface area contributed by atoms with Gasteiger partial charge < -0.3 is 10.1 Å². The maximum absolute atomic E-state index is 13.8. The fourth-order valence-corrected chi connectivity index (χ4v) is 2.05. The fraction of sp³-hybridized carbons (Fsp3) is 0.500. The van der Waals surface area contributed by atoms with Gasteiger partial charge in [0.15, 0.2) is 0 Å². The Morgan fingerprint density at radius 2 is 2.12 bits per heavy atom. The van der Waals surface area contributed by atoms with E-state index in [1.54, 1.807) is 13.2 Å². The van der Waals surface area contributed by atoms with Gasteiger partial charge in [-0.15, -0.1) is 0 Å². The van der Waals surface area contributed by atoms with Crippen LogP contribution in [0.25, 0.3) is 0 Å². The van der Waals surface area contributed by atoms with Gasteiger partial charge in [0.25, 0.3) is 0 Å². The second-order valence-electron chi connectivity index (χ2n) is 3.81. The highest BCUT2D eigenvalue weighted by Gasteiger charge is 2.14. The Hall–Kier alpha value is -0.350. The Morgan fingerprint density at radius 1 is 1.41 bits per heavy atom. The third-order valence-corrected chi connectivity index (χ3v) is 2.96. The average Bonchev–Trinajstić information content (AvgIpc) is 2.29. The predicted octanol–water partition coefficient (Wildman–Crippen LogP) is 3.82. The molecular formula is C12H16Cl2FNO. The van der Waals surface area contributed by atoms with Crippen LogP contribution in [-0.4, -0.2) is 20.3 Å². The molecule has 2 nitrogen and oxygen atoms in total. The highest BCUT2D eigenvalue weighted by atomic mass is 35.5. The number of rotatable bonds is 6. The highest BCUT2D eigenvalue weighted by molar-refractivity contribution is 6.34. The summed E-state index contributed by atoms with van der Waals surface area (Å²) in [5.74, 6) is -0.414. The summed E-state index contributed by atoms with van der Waals surface area (Å²) < 4.78 is 18.7. The topological polar surface area (TPSA) is 21.3 Å². The van der Waals surface area contributed by atoms with Crippen molar-refractivity contribution in [3.8, 4) is 0 Å². The number of nitrogens with one attached hydrogen (secondary N) is 1. The van der Waals surface area contributed by atoms with Gasteiger partial charge in [-0.2, -0.15) is 0 Å². The number of hydrogen-bond acceptors (Lipinski definition) is 2. The van der Waals surface area contributed by atoms with E-state index in [-0.39, 0.29) is 11.1 Å². The minimum atomic E-state index is -0.414. The summed E-state index contributed by atoms with van der Waals surface area (Å²) in [6, 6.07) is 2.86. The highest BCUT2D eigenvalue weighted by Crippen LogP contribution is 2.27. The lowest BCUT2D eigenvalue weighted by molar-refractivity contribution is 0.193. The molecule has 0 saturated carbocycles. The van der Waals surface area contributed by atoms with E-state index >= 15 is 0 Å². The van der Waals surface area contributed by atoms with E-state index in [2.05, 4.69) is 5.32 Å². The maximum Gasteiger partial charge on any atom is 0.146 e. The minimum absolute atomic E-state index is 0.0537. The van der Waals surface area contributed by atoms with Crippen LogP contribution in [0.3, 0.4) is 0 Å². The molecule has 0 heterocycles. The normalized spacial score (nSPS) is 12.8. The molecule has 0 spiro atoms. The van der Waals surface area contributed by atoms with Crippen LogP contribution >= 0.6 is 23.2 Å². The molecule has 0 aliphatic rings. The van der Waals surface area contributed by atoms with E-state index in [1.807, 2.05) is 6.92 Å². The molecule has 0 saturated heterocycles. The van der Waals surface area contributed by atoms with Crippen LogP contribution in [0.1, 0.15) is 24.9 Å². The molecule has 0 radical (unpaired) electrons. The van der Waals surface area contributed by atoms with Crippen LogP contribution in [-0.2, 0) is 4.74 Å². The first kappa shape index (κ1) is 14.7. The molecule has 0 aromatic heterocycles. The van der Waals surface area contributed by atoms with E-state index < -0.39 is 5.82 Å². The monoisotopic (exact) mass is 279 g/mol. The number of hydrogen-bond donors (Lipinski definition) is 1. The molecule has 17 heavy (non-hydrogen) atoms. The van der Waals surface area contributed by atoms with Crippen molar-refractivity contribution in [2.24, 2.45) is 0 Å². The summed E-state index contributed by atoms with van der Waals surface area (Å²) in [5, 5.41) is 3.69. The largest absolute Gasteiger partial charge is 0.385 e. The zero-order valence-electron chi connectivity index (χ0n) is 9.90. The van der Waals surface area contributed by atoms with E-state index in [9.17, 15) is 4.39 Å². The van der Waals surface area contributed by atoms with Crippen molar-refractivity contribution in [1.82, 2.24) is 5.32 Å². The van der Waals surface area contributed by atoms with Gasteiger partial charge in [0.05, 0.1) is 5.02 Å². The summed E-state index contributed by atoms with van der Waals surface area (Å²) in [4.78, 5) is 0. The van der Waals surface area contributed by atoms with E-state index in [4.69, 9.17) is 27.9 Å². The van der Waals surface area contributed by atoms with Crippen LogP contribution in [0.15, 0.2) is 12.1 Å². The number of ether oxygens (including phenoxy) is 1. The molecule has 96 valence electrons. The minimum Gasteiger partial charge on any atom is -0.385 e. The summed E-state index contributed by atoms with van der Waals surface area (Å²) >= 11 is 11.6. The second-order valence-corrected chi connectivity index (χ2v) is 4.66. The van der Waals surface area contributed by atoms with Gasteiger partial charge in [0.1, 0.15) is 5.82 Å². The SMILES string of the molecule is COCCCNC(C)c1cc(Cl)cc(Cl)c1F. The van der Waals surface area contributed by atoms with Crippen LogP contribution in [0.5, 0.6) is 0 Å². The molecule has 1 aromatic carbocycles. The lowest BCUT2D eigenvalue weighted by atomic mass is 10.1. The van der Waals surface area contributed by atoms with Gasteiger partial charge in [0.2, 0.25) is 0 Å². The van der Waals surface area contributed by atoms with E-state index in [0.717, 1.165) is 13.0 Å². The van der Waals surface area contributed by atoms with Crippen LogP contribution in [0.4, 0.5) is 4.39 Å². The molecule has 5 heteroatoms. The first-order valence-corrected chi connectivity index (χ1v) is 6.18. The molecule has 1 N–H and O–H groups in total. The van der Waals surface area contributed by atoms with Crippen molar-refractivity contribution in [2.45, 2.75) is 19.4 Å². The number of methoxy groups -OCH3 is 1. The molecule has 1 unspecified atom stereocenters. The summed E-state index contributed by atoms with van der Waals surface area (Å²) in [7, 11) is 1.65. The molecule has 0 fully saturated rings. The molecular weight excluding hydrogens is 264 g/mol. The Labute approximate surface area is 111 Å². The maximum atomic E-state index is 13.8. The smallest absolute Gasteiger partial charge is 0.146 e. The van der Waals surface area contributed by atoms with Crippen LogP contribution in [0.2, 0.25) is 10.0 Å².